The number of thiophene rings is 1. The van der Waals surface area contributed by atoms with Gasteiger partial charge in [-0.1, -0.05) is 121 Å². The van der Waals surface area contributed by atoms with Crippen molar-refractivity contribution in [1.29, 1.82) is 0 Å². The Morgan fingerprint density at radius 1 is 0.590 bits per heavy atom. The molecule has 1 aliphatic carbocycles. The van der Waals surface area contributed by atoms with E-state index in [1.165, 1.54) is 59.8 Å². The highest BCUT2D eigenvalue weighted by Gasteiger charge is 2.25. The quantitative estimate of drug-likeness (QED) is 0.215. The molecule has 7 rings (SSSR count). The molecule has 0 aliphatic heterocycles. The van der Waals surface area contributed by atoms with Crippen LogP contribution >= 0.6 is 11.3 Å². The second kappa shape index (κ2) is 10.3. The van der Waals surface area contributed by atoms with Crippen molar-refractivity contribution in [2.45, 2.75) is 12.8 Å². The van der Waals surface area contributed by atoms with Crippen molar-refractivity contribution < 1.29 is 0 Å². The van der Waals surface area contributed by atoms with Crippen molar-refractivity contribution in [3.63, 3.8) is 0 Å². The number of benzene rings is 4. The summed E-state index contributed by atoms with van der Waals surface area (Å²) >= 11 is 1.93. The topological polar surface area (TPSA) is 0 Å². The van der Waals surface area contributed by atoms with E-state index in [-0.39, 0.29) is 0 Å². The van der Waals surface area contributed by atoms with Crippen molar-refractivity contribution in [2.75, 3.05) is 0 Å². The van der Waals surface area contributed by atoms with E-state index in [0.717, 1.165) is 18.4 Å². The van der Waals surface area contributed by atoms with Gasteiger partial charge in [-0.25, -0.2) is 0 Å². The van der Waals surface area contributed by atoms with Crippen LogP contribution < -0.4 is 0 Å². The maximum absolute atomic E-state index is 3.44. The molecule has 0 atom stereocenters. The third-order valence-corrected chi connectivity index (χ3v) is 8.74. The first kappa shape index (κ1) is 23.5. The van der Waals surface area contributed by atoms with Gasteiger partial charge in [0.15, 0.2) is 0 Å². The Morgan fingerprint density at radius 2 is 1.26 bits per heavy atom. The lowest BCUT2D eigenvalue weighted by atomic mass is 9.85. The van der Waals surface area contributed by atoms with Crippen molar-refractivity contribution in [3.05, 3.63) is 151 Å². The minimum absolute atomic E-state index is 1.04. The van der Waals surface area contributed by atoms with Gasteiger partial charge in [0.2, 0.25) is 0 Å². The zero-order valence-corrected chi connectivity index (χ0v) is 22.3. The molecule has 1 heteroatoms. The molecule has 0 bridgehead atoms. The molecule has 1 heterocycles. The van der Waals surface area contributed by atoms with E-state index in [1.54, 1.807) is 0 Å². The molecule has 0 nitrogen and oxygen atoms in total. The zero-order valence-electron chi connectivity index (χ0n) is 21.5. The normalized spacial score (nSPS) is 12.1. The molecule has 0 fully saturated rings. The summed E-state index contributed by atoms with van der Waals surface area (Å²) in [6.45, 7) is 0. The standard InChI is InChI=1S/C38H26S/c1-5-15-27(16-6-1)31-25-34(28-17-7-2-8-18-28)36(35(26-31)29-19-9-3-10-20-29)38-33-24-14-13-23-32(33)37(39-38)30-21-11-4-12-22-30/h1-9,11-13,15-19,21-23,25-26H,14,24H2. The van der Waals surface area contributed by atoms with Gasteiger partial charge in [0, 0.05) is 20.9 Å². The summed E-state index contributed by atoms with van der Waals surface area (Å²) < 4.78 is 0. The highest BCUT2D eigenvalue weighted by molar-refractivity contribution is 7.19. The summed E-state index contributed by atoms with van der Waals surface area (Å²) in [6, 6.07) is 49.9. The summed E-state index contributed by atoms with van der Waals surface area (Å²) in [6.07, 6.45) is 6.77. The fourth-order valence-electron chi connectivity index (χ4n) is 5.59. The number of rotatable bonds is 5. The van der Waals surface area contributed by atoms with E-state index in [2.05, 4.69) is 140 Å². The molecule has 0 amide bonds. The lowest BCUT2D eigenvalue weighted by Crippen LogP contribution is -1.96. The Bertz CT molecular complexity index is 1700. The molecule has 39 heavy (non-hydrogen) atoms. The van der Waals surface area contributed by atoms with Gasteiger partial charge in [-0.05, 0) is 81.6 Å². The lowest BCUT2D eigenvalue weighted by molar-refractivity contribution is 0.996. The molecule has 1 aromatic heterocycles. The Labute approximate surface area is 234 Å². The van der Waals surface area contributed by atoms with Crippen LogP contribution in [0.3, 0.4) is 0 Å². The van der Waals surface area contributed by atoms with E-state index >= 15 is 0 Å². The predicted octanol–water partition coefficient (Wildman–Crippen LogP) is 10.6. The third kappa shape index (κ3) is 4.40. The zero-order chi connectivity index (χ0) is 26.0. The molecule has 0 unspecified atom stereocenters. The molecular formula is C38H26S. The molecule has 1 aliphatic rings. The van der Waals surface area contributed by atoms with Crippen LogP contribution in [-0.4, -0.2) is 0 Å². The largest absolute Gasteiger partial charge is 0.134 e. The van der Waals surface area contributed by atoms with Gasteiger partial charge in [0.1, 0.15) is 0 Å². The van der Waals surface area contributed by atoms with Gasteiger partial charge in [0.25, 0.3) is 0 Å². The molecular weight excluding hydrogens is 488 g/mol. The number of hydrogen-bond donors (Lipinski definition) is 0. The van der Waals surface area contributed by atoms with Gasteiger partial charge < -0.3 is 0 Å². The number of hydrogen-bond acceptors (Lipinski definition) is 1. The first-order chi connectivity index (χ1) is 19.4. The van der Waals surface area contributed by atoms with E-state index < -0.39 is 0 Å². The Hall–Kier alpha value is -4.64. The minimum Gasteiger partial charge on any atom is -0.134 e. The molecule has 0 saturated heterocycles. The number of fused-ring (bicyclic) bond motifs is 1. The second-order valence-corrected chi connectivity index (χ2v) is 10.9. The van der Waals surface area contributed by atoms with Crippen molar-refractivity contribution >= 4 is 17.4 Å². The van der Waals surface area contributed by atoms with Gasteiger partial charge in [0.05, 0.1) is 0 Å². The third-order valence-electron chi connectivity index (χ3n) is 7.43. The monoisotopic (exact) mass is 514 g/mol. The summed E-state index contributed by atoms with van der Waals surface area (Å²) in [5.74, 6) is 0. The minimum atomic E-state index is 1.04. The van der Waals surface area contributed by atoms with Crippen LogP contribution in [0, 0.1) is 12.1 Å². The predicted molar refractivity (Wildman–Crippen MR) is 167 cm³/mol. The van der Waals surface area contributed by atoms with Gasteiger partial charge in [-0.3, -0.25) is 0 Å². The van der Waals surface area contributed by atoms with Crippen LogP contribution in [0.2, 0.25) is 0 Å². The molecule has 0 saturated carbocycles. The molecule has 0 N–H and O–H groups in total. The highest BCUT2D eigenvalue weighted by Crippen LogP contribution is 2.51. The molecule has 0 radical (unpaired) electrons. The smallest absolute Gasteiger partial charge is 0.0424 e. The van der Waals surface area contributed by atoms with E-state index in [0.29, 0.717) is 0 Å². The van der Waals surface area contributed by atoms with Crippen molar-refractivity contribution in [1.82, 2.24) is 0 Å². The Kier molecular flexibility index (Phi) is 6.17. The van der Waals surface area contributed by atoms with E-state index in [1.807, 2.05) is 17.4 Å². The second-order valence-electron chi connectivity index (χ2n) is 9.85. The fraction of sp³-hybridized carbons (Fsp3) is 0.0526. The van der Waals surface area contributed by atoms with Crippen molar-refractivity contribution in [2.24, 2.45) is 0 Å². The SMILES string of the molecule is c1cccc(-c2cc(-c3ccccc3)cc(-c3ccccc3)c2-c2sc(-c3ccccc3)c3c2CCC=C3)c#1. The van der Waals surface area contributed by atoms with Gasteiger partial charge in [-0.15, -0.1) is 11.3 Å². The summed E-state index contributed by atoms with van der Waals surface area (Å²) in [5.41, 5.74) is 12.5. The molecule has 184 valence electrons. The van der Waals surface area contributed by atoms with Crippen LogP contribution in [0.5, 0.6) is 0 Å². The van der Waals surface area contributed by atoms with Crippen LogP contribution in [0.25, 0.3) is 60.3 Å². The van der Waals surface area contributed by atoms with E-state index in [4.69, 9.17) is 0 Å². The summed E-state index contributed by atoms with van der Waals surface area (Å²) in [4.78, 5) is 2.70. The van der Waals surface area contributed by atoms with Gasteiger partial charge in [-0.2, -0.15) is 0 Å². The van der Waals surface area contributed by atoms with Gasteiger partial charge >= 0.3 is 0 Å². The Morgan fingerprint density at radius 3 is 1.95 bits per heavy atom. The van der Waals surface area contributed by atoms with Crippen LogP contribution in [0.4, 0.5) is 0 Å². The van der Waals surface area contributed by atoms with Crippen LogP contribution in [0.15, 0.2) is 127 Å². The first-order valence-corrected chi connectivity index (χ1v) is 14.2. The molecule has 5 aromatic carbocycles. The highest BCUT2D eigenvalue weighted by atomic mass is 32.1. The molecule has 0 spiro atoms. The average molecular weight is 515 g/mol. The van der Waals surface area contributed by atoms with E-state index in [9.17, 15) is 0 Å². The van der Waals surface area contributed by atoms with Crippen LogP contribution in [-0.2, 0) is 6.42 Å². The Balaban J connectivity index is 1.59. The number of allylic oxidation sites excluding steroid dienone is 1. The first-order valence-electron chi connectivity index (χ1n) is 13.4. The maximum Gasteiger partial charge on any atom is 0.0424 e. The summed E-state index contributed by atoms with van der Waals surface area (Å²) in [5, 5.41) is 0. The average Bonchev–Trinajstić information content (AvgIpc) is 3.41. The maximum atomic E-state index is 3.44. The van der Waals surface area contributed by atoms with Crippen molar-refractivity contribution in [3.8, 4) is 54.3 Å². The molecule has 6 aromatic rings. The lowest BCUT2D eigenvalue weighted by Gasteiger charge is -2.19. The van der Waals surface area contributed by atoms with Crippen LogP contribution in [0.1, 0.15) is 17.5 Å². The summed E-state index contributed by atoms with van der Waals surface area (Å²) in [7, 11) is 0. The fourth-order valence-corrected chi connectivity index (χ4v) is 7.01.